The minimum Gasteiger partial charge on any atom is -0.378 e. The van der Waals surface area contributed by atoms with Gasteiger partial charge in [0.2, 0.25) is 0 Å². The molecular weight excluding hydrogens is 582 g/mol. The van der Waals surface area contributed by atoms with Crippen LogP contribution in [-0.4, -0.2) is 63.4 Å². The highest BCUT2D eigenvalue weighted by atomic mass is 32.2. The zero-order valence-electron chi connectivity index (χ0n) is 23.6. The molecule has 2 saturated carbocycles. The first kappa shape index (κ1) is 30.7. The van der Waals surface area contributed by atoms with Gasteiger partial charge in [0.15, 0.2) is 0 Å². The Morgan fingerprint density at radius 2 is 1.81 bits per heavy atom. The number of nitriles is 1. The number of ether oxygens (including phenoxy) is 1. The van der Waals surface area contributed by atoms with Crippen molar-refractivity contribution in [3.8, 4) is 6.07 Å². The Bertz CT molecular complexity index is 1440. The topological polar surface area (TPSA) is 112 Å². The number of thioether (sulfide) groups is 1. The molecule has 0 radical (unpaired) electrons. The molecule has 3 aliphatic rings. The minimum absolute atomic E-state index is 0.0876. The van der Waals surface area contributed by atoms with Crippen LogP contribution in [0.5, 0.6) is 0 Å². The highest BCUT2D eigenvalue weighted by molar-refractivity contribution is 7.99. The van der Waals surface area contributed by atoms with Crippen LogP contribution in [0.4, 0.5) is 14.5 Å². The summed E-state index contributed by atoms with van der Waals surface area (Å²) in [7, 11) is -3.09. The lowest BCUT2D eigenvalue weighted by molar-refractivity contribution is -0.145. The summed E-state index contributed by atoms with van der Waals surface area (Å²) in [6.07, 6.45) is 6.38. The third-order valence-corrected chi connectivity index (χ3v) is 11.2. The Labute approximate surface area is 250 Å². The molecule has 2 aliphatic carbocycles. The molecule has 226 valence electrons. The summed E-state index contributed by atoms with van der Waals surface area (Å²) in [5, 5.41) is 13.0. The monoisotopic (exact) mass is 618 g/mol. The fraction of sp³-hybridized carbons (Fsp3) is 0.533. The summed E-state index contributed by atoms with van der Waals surface area (Å²) in [4.78, 5) is 15.7. The SMILES string of the molecule is COC1(C(=O)NS(=O)(=O)c2cc(F)c(N[C@H](CCN3CC4(CC4)C3)CSc3ccc(F)cc3)c(C#N)c2)CCCCC1. The van der Waals surface area contributed by atoms with Crippen molar-refractivity contribution in [1.29, 1.82) is 5.26 Å². The Kier molecular flexibility index (Phi) is 9.13. The average Bonchev–Trinajstić information content (AvgIpc) is 3.77. The van der Waals surface area contributed by atoms with Crippen LogP contribution in [0.2, 0.25) is 0 Å². The number of nitrogens with zero attached hydrogens (tertiary/aromatic N) is 2. The zero-order valence-corrected chi connectivity index (χ0v) is 25.3. The lowest BCUT2D eigenvalue weighted by atomic mass is 9.84. The molecule has 2 aromatic rings. The van der Waals surface area contributed by atoms with Crippen LogP contribution < -0.4 is 10.0 Å². The summed E-state index contributed by atoms with van der Waals surface area (Å²) >= 11 is 1.49. The van der Waals surface area contributed by atoms with E-state index in [1.165, 1.54) is 43.8 Å². The summed E-state index contributed by atoms with van der Waals surface area (Å²) in [6, 6.07) is 9.69. The molecule has 1 aliphatic heterocycles. The van der Waals surface area contributed by atoms with Gasteiger partial charge in [0.05, 0.1) is 16.1 Å². The van der Waals surface area contributed by atoms with Crippen molar-refractivity contribution in [2.24, 2.45) is 5.41 Å². The van der Waals surface area contributed by atoms with E-state index in [9.17, 15) is 22.9 Å². The van der Waals surface area contributed by atoms with E-state index in [0.717, 1.165) is 55.9 Å². The van der Waals surface area contributed by atoms with Crippen molar-refractivity contribution in [1.82, 2.24) is 9.62 Å². The number of anilines is 1. The first-order valence-electron chi connectivity index (χ1n) is 14.3. The number of carbonyl (C=O) groups excluding carboxylic acids is 1. The Morgan fingerprint density at radius 1 is 1.12 bits per heavy atom. The number of likely N-dealkylation sites (tertiary alicyclic amines) is 1. The molecule has 2 aromatic carbocycles. The molecule has 0 unspecified atom stereocenters. The van der Waals surface area contributed by atoms with Crippen LogP contribution in [0.3, 0.4) is 0 Å². The smallest absolute Gasteiger partial charge is 0.265 e. The Balaban J connectivity index is 1.32. The third kappa shape index (κ3) is 6.91. The molecule has 1 saturated heterocycles. The molecule has 8 nitrogen and oxygen atoms in total. The van der Waals surface area contributed by atoms with Gasteiger partial charge >= 0.3 is 0 Å². The van der Waals surface area contributed by atoms with E-state index in [1.54, 1.807) is 12.1 Å². The number of halogens is 2. The fourth-order valence-corrected chi connectivity index (χ4v) is 7.97. The second kappa shape index (κ2) is 12.5. The second-order valence-electron chi connectivity index (χ2n) is 11.7. The predicted molar refractivity (Wildman–Crippen MR) is 157 cm³/mol. The van der Waals surface area contributed by atoms with Gasteiger partial charge < -0.3 is 15.0 Å². The number of rotatable bonds is 12. The van der Waals surface area contributed by atoms with Crippen LogP contribution in [0.15, 0.2) is 46.2 Å². The third-order valence-electron chi connectivity index (χ3n) is 8.67. The molecule has 42 heavy (non-hydrogen) atoms. The van der Waals surface area contributed by atoms with E-state index in [0.29, 0.717) is 30.4 Å². The van der Waals surface area contributed by atoms with Gasteiger partial charge in [0.1, 0.15) is 23.3 Å². The minimum atomic E-state index is -4.47. The molecule has 1 amide bonds. The molecule has 2 N–H and O–H groups in total. The molecule has 1 atom stereocenters. The van der Waals surface area contributed by atoms with Crippen LogP contribution in [0.1, 0.15) is 56.9 Å². The lowest BCUT2D eigenvalue weighted by Gasteiger charge is -2.40. The molecular formula is C30H36F2N4O4S2. The van der Waals surface area contributed by atoms with Gasteiger partial charge in [-0.15, -0.1) is 11.8 Å². The van der Waals surface area contributed by atoms with Crippen molar-refractivity contribution >= 4 is 33.4 Å². The lowest BCUT2D eigenvalue weighted by Crippen LogP contribution is -2.51. The normalized spacial score (nSPS) is 19.9. The van der Waals surface area contributed by atoms with Gasteiger partial charge in [-0.25, -0.2) is 21.9 Å². The number of benzene rings is 2. The van der Waals surface area contributed by atoms with Crippen molar-refractivity contribution in [2.75, 3.05) is 37.8 Å². The summed E-state index contributed by atoms with van der Waals surface area (Å²) in [6.45, 7) is 2.92. The predicted octanol–water partition coefficient (Wildman–Crippen LogP) is 5.05. The van der Waals surface area contributed by atoms with Gasteiger partial charge in [-0.1, -0.05) is 19.3 Å². The first-order chi connectivity index (χ1) is 20.1. The number of hydrogen-bond donors (Lipinski definition) is 2. The van der Waals surface area contributed by atoms with Gasteiger partial charge in [-0.3, -0.25) is 4.79 Å². The Morgan fingerprint density at radius 3 is 2.43 bits per heavy atom. The summed E-state index contributed by atoms with van der Waals surface area (Å²) < 4.78 is 62.7. The molecule has 3 fully saturated rings. The van der Waals surface area contributed by atoms with Gasteiger partial charge in [0, 0.05) is 43.4 Å². The molecule has 12 heteroatoms. The summed E-state index contributed by atoms with van der Waals surface area (Å²) in [5.41, 5.74) is -1.02. The van der Waals surface area contributed by atoms with E-state index in [1.807, 2.05) is 10.8 Å². The van der Waals surface area contributed by atoms with Crippen LogP contribution in [0, 0.1) is 28.4 Å². The number of methoxy groups -OCH3 is 1. The van der Waals surface area contributed by atoms with Crippen molar-refractivity contribution < 1.29 is 26.7 Å². The molecule has 1 heterocycles. The fourth-order valence-electron chi connectivity index (χ4n) is 5.91. The van der Waals surface area contributed by atoms with Gasteiger partial charge in [-0.2, -0.15) is 5.26 Å². The standard InChI is InChI=1S/C30H36F2N4O4S2/c1-40-30(10-3-2-4-11-30)28(37)35-42(38,39)25-15-21(17-33)27(26(32)16-25)34-23(9-14-36-19-29(20-36)12-13-29)18-41-24-7-5-22(31)6-8-24/h5-8,15-16,23,34H,2-4,9-14,18-20H2,1H3,(H,35,37)/t23-/m1/s1. The largest absolute Gasteiger partial charge is 0.378 e. The summed E-state index contributed by atoms with van der Waals surface area (Å²) in [5.74, 6) is -1.50. The van der Waals surface area contributed by atoms with Crippen molar-refractivity contribution in [2.45, 2.75) is 72.8 Å². The zero-order chi connectivity index (χ0) is 30.0. The highest BCUT2D eigenvalue weighted by Gasteiger charge is 2.51. The second-order valence-corrected chi connectivity index (χ2v) is 14.5. The van der Waals surface area contributed by atoms with Crippen LogP contribution >= 0.6 is 11.8 Å². The number of hydrogen-bond acceptors (Lipinski definition) is 8. The molecule has 1 spiro atoms. The maximum absolute atomic E-state index is 15.5. The number of carbonyl (C=O) groups is 1. The van der Waals surface area contributed by atoms with E-state index >= 15 is 4.39 Å². The molecule has 0 aromatic heterocycles. The maximum atomic E-state index is 15.5. The van der Waals surface area contributed by atoms with Crippen molar-refractivity contribution in [3.05, 3.63) is 53.6 Å². The van der Waals surface area contributed by atoms with Gasteiger partial charge in [-0.05, 0) is 73.9 Å². The molecule has 0 bridgehead atoms. The van der Waals surface area contributed by atoms with E-state index in [2.05, 4.69) is 10.2 Å². The van der Waals surface area contributed by atoms with E-state index in [4.69, 9.17) is 4.74 Å². The van der Waals surface area contributed by atoms with Crippen LogP contribution in [0.25, 0.3) is 0 Å². The first-order valence-corrected chi connectivity index (χ1v) is 16.8. The highest BCUT2D eigenvalue weighted by Crippen LogP contribution is 2.52. The van der Waals surface area contributed by atoms with Gasteiger partial charge in [0.25, 0.3) is 15.9 Å². The van der Waals surface area contributed by atoms with E-state index < -0.39 is 32.2 Å². The quantitative estimate of drug-likeness (QED) is 0.318. The molecule has 5 rings (SSSR count). The number of nitrogens with one attached hydrogen (secondary N) is 2. The van der Waals surface area contributed by atoms with E-state index in [-0.39, 0.29) is 23.1 Å². The number of sulfonamides is 1. The van der Waals surface area contributed by atoms with Crippen LogP contribution in [-0.2, 0) is 19.6 Å². The van der Waals surface area contributed by atoms with Crippen molar-refractivity contribution in [3.63, 3.8) is 0 Å². The Hall–Kier alpha value is -2.72. The number of amides is 1. The average molecular weight is 619 g/mol. The maximum Gasteiger partial charge on any atom is 0.265 e.